The number of para-hydroxylation sites is 1. The highest BCUT2D eigenvalue weighted by Crippen LogP contribution is 2.35. The molecule has 3 N–H and O–H groups in total. The van der Waals surface area contributed by atoms with Crippen LogP contribution in [0.15, 0.2) is 78.2 Å². The Labute approximate surface area is 198 Å². The molecule has 1 fully saturated rings. The molecule has 3 aromatic rings. The van der Waals surface area contributed by atoms with Crippen molar-refractivity contribution in [3.05, 3.63) is 95.8 Å². The van der Waals surface area contributed by atoms with Crippen LogP contribution in [0.4, 0.5) is 5.82 Å². The van der Waals surface area contributed by atoms with E-state index in [-0.39, 0.29) is 28.9 Å². The molecule has 2 aromatic carbocycles. The first-order chi connectivity index (χ1) is 16.6. The van der Waals surface area contributed by atoms with Crippen LogP contribution in [-0.2, 0) is 5.41 Å². The van der Waals surface area contributed by atoms with Gasteiger partial charge >= 0.3 is 6.02 Å². The minimum Gasteiger partial charge on any atom is -0.421 e. The lowest BCUT2D eigenvalue weighted by Gasteiger charge is -2.42. The molecule has 1 aliphatic heterocycles. The van der Waals surface area contributed by atoms with E-state index in [1.807, 2.05) is 53.4 Å². The highest BCUT2D eigenvalue weighted by Gasteiger charge is 2.38. The van der Waals surface area contributed by atoms with Crippen molar-refractivity contribution in [3.63, 3.8) is 0 Å². The maximum absolute atomic E-state index is 12.8. The first-order valence-electron chi connectivity index (χ1n) is 10.9. The molecule has 9 heteroatoms. The van der Waals surface area contributed by atoms with Gasteiger partial charge in [0.15, 0.2) is 11.5 Å². The summed E-state index contributed by atoms with van der Waals surface area (Å²) in [5, 5.41) is 6.91. The summed E-state index contributed by atoms with van der Waals surface area (Å²) in [7, 11) is 0. The van der Waals surface area contributed by atoms with Gasteiger partial charge in [0.1, 0.15) is 10.9 Å². The second-order valence-corrected chi connectivity index (χ2v) is 8.00. The summed E-state index contributed by atoms with van der Waals surface area (Å²) in [5.41, 5.74) is 6.77. The largest absolute Gasteiger partial charge is 0.421 e. The Bertz CT molecular complexity index is 1180. The van der Waals surface area contributed by atoms with Gasteiger partial charge in [-0.15, -0.1) is 4.95 Å². The fraction of sp³-hybridized carbons (Fsp3) is 0.240. The molecule has 0 bridgehead atoms. The van der Waals surface area contributed by atoms with Crippen LogP contribution in [-0.4, -0.2) is 46.4 Å². The number of rotatable bonds is 5. The van der Waals surface area contributed by atoms with Crippen LogP contribution in [0.1, 0.15) is 28.9 Å². The number of nitrogens with two attached hydrogens (primary N) is 1. The Morgan fingerprint density at radius 2 is 1.74 bits per heavy atom. The van der Waals surface area contributed by atoms with Gasteiger partial charge < -0.3 is 20.7 Å². The standard InChI is InChI=1S/C25H25N7O2/c1-27-31-24(34-20-10-6-3-7-11-20)32-16-12-25(13-17-32,19-8-4-2-5-9-19)18-30-23(33)21-22(26)29-15-14-28-21/h2-11,14-15H,12-13,16-18H2,(H2,26,29)(H,30,33)/b31-24+. The Hall–Kier alpha value is -4.45. The van der Waals surface area contributed by atoms with Crippen molar-refractivity contribution in [3.8, 4) is 5.75 Å². The molecule has 0 atom stereocenters. The zero-order chi connectivity index (χ0) is 23.8. The van der Waals surface area contributed by atoms with Crippen molar-refractivity contribution in [2.75, 3.05) is 25.4 Å². The first kappa shape index (κ1) is 22.7. The topological polar surface area (TPSA) is 110 Å². The number of carbonyl (C=O) groups is 1. The fourth-order valence-electron chi connectivity index (χ4n) is 4.13. The van der Waals surface area contributed by atoms with Crippen molar-refractivity contribution in [2.24, 2.45) is 5.10 Å². The van der Waals surface area contributed by atoms with Crippen molar-refractivity contribution in [2.45, 2.75) is 18.3 Å². The number of hydrogen-bond acceptors (Lipinski definition) is 6. The maximum atomic E-state index is 12.8. The van der Waals surface area contributed by atoms with Crippen LogP contribution in [0.2, 0.25) is 0 Å². The number of benzene rings is 2. The molecule has 1 amide bonds. The monoisotopic (exact) mass is 455 g/mol. The average molecular weight is 456 g/mol. The number of likely N-dealkylation sites (tertiary alicyclic amines) is 1. The van der Waals surface area contributed by atoms with Gasteiger partial charge in [0.2, 0.25) is 0 Å². The van der Waals surface area contributed by atoms with Crippen LogP contribution in [0.3, 0.4) is 0 Å². The highest BCUT2D eigenvalue weighted by molar-refractivity contribution is 5.96. The third kappa shape index (κ3) is 5.13. The number of amides is 1. The number of hydrogen-bond donors (Lipinski definition) is 2. The van der Waals surface area contributed by atoms with E-state index in [0.717, 1.165) is 18.4 Å². The molecule has 1 aliphatic rings. The molecule has 2 heterocycles. The van der Waals surface area contributed by atoms with Gasteiger partial charge in [-0.2, -0.15) is 6.57 Å². The van der Waals surface area contributed by atoms with Crippen LogP contribution < -0.4 is 15.8 Å². The average Bonchev–Trinajstić information content (AvgIpc) is 2.89. The minimum absolute atomic E-state index is 0.0987. The van der Waals surface area contributed by atoms with Gasteiger partial charge in [-0.25, -0.2) is 9.97 Å². The lowest BCUT2D eigenvalue weighted by Crippen LogP contribution is -2.51. The van der Waals surface area contributed by atoms with Gasteiger partial charge in [-0.3, -0.25) is 4.79 Å². The molecule has 34 heavy (non-hydrogen) atoms. The van der Waals surface area contributed by atoms with Gasteiger partial charge in [0.05, 0.1) is 0 Å². The second-order valence-electron chi connectivity index (χ2n) is 8.00. The summed E-state index contributed by atoms with van der Waals surface area (Å²) in [6.07, 6.45) is 4.35. The number of nitrogens with zero attached hydrogens (tertiary/aromatic N) is 5. The predicted octanol–water partition coefficient (Wildman–Crippen LogP) is 3.09. The molecular formula is C25H25N7O2. The number of aromatic nitrogens is 2. The number of carbonyl (C=O) groups excluding carboxylic acids is 1. The van der Waals surface area contributed by atoms with E-state index in [1.54, 1.807) is 0 Å². The third-order valence-electron chi connectivity index (χ3n) is 5.99. The highest BCUT2D eigenvalue weighted by atomic mass is 16.5. The lowest BCUT2D eigenvalue weighted by atomic mass is 9.72. The van der Waals surface area contributed by atoms with E-state index < -0.39 is 0 Å². The summed E-state index contributed by atoms with van der Waals surface area (Å²) >= 11 is 0. The van der Waals surface area contributed by atoms with E-state index >= 15 is 0 Å². The molecule has 1 aromatic heterocycles. The molecule has 4 rings (SSSR count). The SMILES string of the molecule is [C-]#[N+]/N=C(/Oc1ccccc1)N1CCC(CNC(=O)c2nccnc2N)(c2ccccc2)CC1. The summed E-state index contributed by atoms with van der Waals surface area (Å²) in [4.78, 5) is 25.9. The molecule has 0 saturated carbocycles. The molecule has 172 valence electrons. The van der Waals surface area contributed by atoms with Gasteiger partial charge in [0, 0.05) is 37.4 Å². The van der Waals surface area contributed by atoms with Crippen molar-refractivity contribution < 1.29 is 9.53 Å². The Morgan fingerprint density at radius 3 is 2.38 bits per heavy atom. The quantitative estimate of drug-likeness (QED) is 0.265. The number of piperidine rings is 1. The lowest BCUT2D eigenvalue weighted by molar-refractivity contribution is 0.0926. The summed E-state index contributed by atoms with van der Waals surface area (Å²) in [5.74, 6) is 0.367. The minimum atomic E-state index is -0.356. The van der Waals surface area contributed by atoms with Gasteiger partial charge in [-0.05, 0) is 30.5 Å². The predicted molar refractivity (Wildman–Crippen MR) is 129 cm³/mol. The van der Waals surface area contributed by atoms with Crippen molar-refractivity contribution >= 4 is 17.7 Å². The van der Waals surface area contributed by atoms with E-state index in [2.05, 4.69) is 37.5 Å². The van der Waals surface area contributed by atoms with Gasteiger partial charge in [0.25, 0.3) is 5.91 Å². The second kappa shape index (κ2) is 10.4. The zero-order valence-electron chi connectivity index (χ0n) is 18.6. The molecule has 0 unspecified atom stereocenters. The Balaban J connectivity index is 1.51. The van der Waals surface area contributed by atoms with Gasteiger partial charge in [-0.1, -0.05) is 48.5 Å². The molecule has 0 spiro atoms. The molecule has 9 nitrogen and oxygen atoms in total. The van der Waals surface area contributed by atoms with Crippen LogP contribution in [0.5, 0.6) is 5.75 Å². The van der Waals surface area contributed by atoms with Crippen molar-refractivity contribution in [1.29, 1.82) is 0 Å². The Kier molecular flexibility index (Phi) is 6.98. The fourth-order valence-corrected chi connectivity index (χ4v) is 4.13. The number of nitrogen functional groups attached to an aromatic ring is 1. The molecule has 0 aliphatic carbocycles. The van der Waals surface area contributed by atoms with Crippen molar-refractivity contribution in [1.82, 2.24) is 20.2 Å². The van der Waals surface area contributed by atoms with Crippen LogP contribution in [0, 0.1) is 6.57 Å². The van der Waals surface area contributed by atoms with Crippen LogP contribution in [0.25, 0.3) is 4.95 Å². The van der Waals surface area contributed by atoms with E-state index in [9.17, 15) is 4.79 Å². The first-order valence-corrected chi connectivity index (χ1v) is 10.9. The maximum Gasteiger partial charge on any atom is 0.376 e. The zero-order valence-corrected chi connectivity index (χ0v) is 18.6. The number of ether oxygens (including phenoxy) is 1. The number of anilines is 1. The van der Waals surface area contributed by atoms with Crippen LogP contribution >= 0.6 is 0 Å². The number of amidine groups is 1. The smallest absolute Gasteiger partial charge is 0.376 e. The molecule has 1 saturated heterocycles. The number of nitrogens with one attached hydrogen (secondary N) is 1. The summed E-state index contributed by atoms with van der Waals surface area (Å²) in [6.45, 7) is 8.84. The van der Waals surface area contributed by atoms with E-state index in [4.69, 9.17) is 17.0 Å². The summed E-state index contributed by atoms with van der Waals surface area (Å²) in [6, 6.07) is 19.7. The normalized spacial score (nSPS) is 15.3. The van der Waals surface area contributed by atoms with E-state index in [1.165, 1.54) is 12.4 Å². The molecular weight excluding hydrogens is 430 g/mol. The Morgan fingerprint density at radius 1 is 1.09 bits per heavy atom. The molecule has 0 radical (unpaired) electrons. The third-order valence-corrected chi connectivity index (χ3v) is 5.99. The summed E-state index contributed by atoms with van der Waals surface area (Å²) < 4.78 is 5.90. The van der Waals surface area contributed by atoms with E-state index in [0.29, 0.717) is 25.4 Å².